The Morgan fingerprint density at radius 3 is 2.81 bits per heavy atom. The fourth-order valence-electron chi connectivity index (χ4n) is 3.45. The number of nitrogens with zero attached hydrogens (tertiary/aromatic N) is 3. The molecule has 0 spiro atoms. The highest BCUT2D eigenvalue weighted by Gasteiger charge is 2.22. The van der Waals surface area contributed by atoms with Crippen LogP contribution in [0.5, 0.6) is 0 Å². The Morgan fingerprint density at radius 1 is 1.29 bits per heavy atom. The van der Waals surface area contributed by atoms with E-state index in [-0.39, 0.29) is 17.0 Å². The first-order valence-electron chi connectivity index (χ1n) is 10.4. The Hall–Kier alpha value is -2.45. The molecule has 1 aliphatic rings. The van der Waals surface area contributed by atoms with Crippen molar-refractivity contribution >= 4 is 34.9 Å². The van der Waals surface area contributed by atoms with Crippen LogP contribution in [-0.2, 0) is 9.53 Å². The molecule has 1 unspecified atom stereocenters. The van der Waals surface area contributed by atoms with E-state index >= 15 is 0 Å². The molecule has 7 nitrogen and oxygen atoms in total. The van der Waals surface area contributed by atoms with Crippen molar-refractivity contribution in [1.82, 2.24) is 14.9 Å². The fourth-order valence-corrected chi connectivity index (χ4v) is 3.63. The van der Waals surface area contributed by atoms with Crippen LogP contribution in [0.15, 0.2) is 30.6 Å². The Bertz CT molecular complexity index is 906. The number of hydrogen-bond donors (Lipinski definition) is 2. The largest absolute Gasteiger partial charge is 0.460 e. The number of rotatable bonds is 7. The number of aromatic nitrogens is 2. The lowest BCUT2D eigenvalue weighted by Gasteiger charge is -2.33. The maximum absolute atomic E-state index is 13.3. The Kier molecular flexibility index (Phi) is 7.67. The van der Waals surface area contributed by atoms with Crippen molar-refractivity contribution in [2.75, 3.05) is 30.3 Å². The molecule has 1 saturated heterocycles. The SMILES string of the molecule is CC(C)(C)OC(=O)CCN1CCCC(Nc2cc(Nc3ccc(F)c(Cl)c3)ncn2)C1. The fraction of sp³-hybridized carbons (Fsp3) is 0.500. The normalized spacial score (nSPS) is 17.3. The summed E-state index contributed by atoms with van der Waals surface area (Å²) in [7, 11) is 0. The first kappa shape index (κ1) is 23.2. The minimum absolute atomic E-state index is 0.0473. The number of hydrogen-bond acceptors (Lipinski definition) is 7. The van der Waals surface area contributed by atoms with Gasteiger partial charge in [0, 0.05) is 30.9 Å². The first-order chi connectivity index (χ1) is 14.7. The Labute approximate surface area is 187 Å². The van der Waals surface area contributed by atoms with E-state index in [1.165, 1.54) is 18.5 Å². The predicted molar refractivity (Wildman–Crippen MR) is 120 cm³/mol. The monoisotopic (exact) mass is 449 g/mol. The Morgan fingerprint density at radius 2 is 2.06 bits per heavy atom. The van der Waals surface area contributed by atoms with Crippen LogP contribution in [-0.4, -0.2) is 52.1 Å². The van der Waals surface area contributed by atoms with E-state index in [1.807, 2.05) is 20.8 Å². The molecule has 2 heterocycles. The number of likely N-dealkylation sites (tertiary alicyclic amines) is 1. The summed E-state index contributed by atoms with van der Waals surface area (Å²) in [5.41, 5.74) is 0.184. The molecular weight excluding hydrogens is 421 g/mol. The second kappa shape index (κ2) is 10.2. The third kappa shape index (κ3) is 7.63. The molecule has 1 fully saturated rings. The molecule has 2 N–H and O–H groups in total. The van der Waals surface area contributed by atoms with E-state index in [1.54, 1.807) is 12.1 Å². The second-order valence-electron chi connectivity index (χ2n) is 8.66. The molecule has 0 saturated carbocycles. The molecule has 1 atom stereocenters. The maximum Gasteiger partial charge on any atom is 0.307 e. The van der Waals surface area contributed by atoms with Gasteiger partial charge >= 0.3 is 5.97 Å². The lowest BCUT2D eigenvalue weighted by molar-refractivity contribution is -0.155. The van der Waals surface area contributed by atoms with E-state index in [0.29, 0.717) is 30.3 Å². The topological polar surface area (TPSA) is 79.4 Å². The molecule has 2 aromatic rings. The average molecular weight is 450 g/mol. The summed E-state index contributed by atoms with van der Waals surface area (Å²) < 4.78 is 18.7. The predicted octanol–water partition coefficient (Wildman–Crippen LogP) is 4.62. The van der Waals surface area contributed by atoms with Crippen molar-refractivity contribution in [2.24, 2.45) is 0 Å². The lowest BCUT2D eigenvalue weighted by atomic mass is 10.1. The molecule has 3 rings (SSSR count). The van der Waals surface area contributed by atoms with E-state index in [2.05, 4.69) is 25.5 Å². The first-order valence-corrected chi connectivity index (χ1v) is 10.8. The lowest BCUT2D eigenvalue weighted by Crippen LogP contribution is -2.43. The molecule has 31 heavy (non-hydrogen) atoms. The maximum atomic E-state index is 13.3. The van der Waals surface area contributed by atoms with Gasteiger partial charge in [-0.25, -0.2) is 14.4 Å². The third-order valence-electron chi connectivity index (χ3n) is 4.77. The molecule has 168 valence electrons. The van der Waals surface area contributed by atoms with Gasteiger partial charge in [-0.3, -0.25) is 4.79 Å². The van der Waals surface area contributed by atoms with Crippen LogP contribution >= 0.6 is 11.6 Å². The molecule has 1 aromatic heterocycles. The van der Waals surface area contributed by atoms with Crippen molar-refractivity contribution < 1.29 is 13.9 Å². The van der Waals surface area contributed by atoms with Crippen molar-refractivity contribution in [2.45, 2.75) is 51.7 Å². The van der Waals surface area contributed by atoms with Crippen molar-refractivity contribution in [3.63, 3.8) is 0 Å². The molecule has 0 radical (unpaired) electrons. The minimum atomic E-state index is -0.467. The molecule has 9 heteroatoms. The van der Waals surface area contributed by atoms with Gasteiger partial charge in [-0.05, 0) is 58.4 Å². The summed E-state index contributed by atoms with van der Waals surface area (Å²) in [5.74, 6) is 0.642. The quantitative estimate of drug-likeness (QED) is 0.597. The summed E-state index contributed by atoms with van der Waals surface area (Å²) in [5, 5.41) is 6.60. The number of halogens is 2. The van der Waals surface area contributed by atoms with Crippen molar-refractivity contribution in [3.8, 4) is 0 Å². The minimum Gasteiger partial charge on any atom is -0.460 e. The number of benzene rings is 1. The molecule has 0 amide bonds. The summed E-state index contributed by atoms with van der Waals surface area (Å²) in [4.78, 5) is 22.8. The van der Waals surface area contributed by atoms with E-state index < -0.39 is 11.4 Å². The van der Waals surface area contributed by atoms with E-state index in [9.17, 15) is 9.18 Å². The molecular formula is C22H29ClFN5O2. The van der Waals surface area contributed by atoms with Gasteiger partial charge in [0.25, 0.3) is 0 Å². The van der Waals surface area contributed by atoms with Gasteiger partial charge in [0.15, 0.2) is 0 Å². The van der Waals surface area contributed by atoms with E-state index in [4.69, 9.17) is 16.3 Å². The van der Waals surface area contributed by atoms with Gasteiger partial charge in [0.05, 0.1) is 11.4 Å². The Balaban J connectivity index is 1.53. The zero-order chi connectivity index (χ0) is 22.4. The van der Waals surface area contributed by atoms with E-state index in [0.717, 1.165) is 25.9 Å². The highest BCUT2D eigenvalue weighted by molar-refractivity contribution is 6.31. The van der Waals surface area contributed by atoms with Crippen molar-refractivity contribution in [3.05, 3.63) is 41.4 Å². The number of carbonyl (C=O) groups excluding carboxylic acids is 1. The summed E-state index contributed by atoms with van der Waals surface area (Å²) in [6.07, 6.45) is 3.91. The van der Waals surface area contributed by atoms with Crippen LogP contribution in [0.3, 0.4) is 0 Å². The zero-order valence-corrected chi connectivity index (χ0v) is 18.9. The summed E-state index contributed by atoms with van der Waals surface area (Å²) in [6, 6.07) is 6.43. The number of nitrogens with one attached hydrogen (secondary N) is 2. The smallest absolute Gasteiger partial charge is 0.307 e. The van der Waals surface area contributed by atoms with Gasteiger partial charge in [-0.15, -0.1) is 0 Å². The number of piperidine rings is 1. The van der Waals surface area contributed by atoms with Gasteiger partial charge in [0.1, 0.15) is 29.4 Å². The number of anilines is 3. The van der Waals surface area contributed by atoms with Crippen LogP contribution in [0, 0.1) is 5.82 Å². The number of ether oxygens (including phenoxy) is 1. The summed E-state index contributed by atoms with van der Waals surface area (Å²) >= 11 is 5.84. The average Bonchev–Trinajstić information content (AvgIpc) is 2.69. The molecule has 1 aliphatic heterocycles. The van der Waals surface area contributed by atoms with Crippen LogP contribution < -0.4 is 10.6 Å². The van der Waals surface area contributed by atoms with Crippen LogP contribution in [0.1, 0.15) is 40.0 Å². The molecule has 0 aliphatic carbocycles. The number of esters is 1. The zero-order valence-electron chi connectivity index (χ0n) is 18.1. The van der Waals surface area contributed by atoms with Crippen LogP contribution in [0.25, 0.3) is 0 Å². The molecule has 0 bridgehead atoms. The van der Waals surface area contributed by atoms with Gasteiger partial charge in [-0.2, -0.15) is 0 Å². The second-order valence-corrected chi connectivity index (χ2v) is 9.07. The van der Waals surface area contributed by atoms with Gasteiger partial charge in [0.2, 0.25) is 0 Å². The van der Waals surface area contributed by atoms with Gasteiger partial charge < -0.3 is 20.3 Å². The van der Waals surface area contributed by atoms with Gasteiger partial charge in [-0.1, -0.05) is 11.6 Å². The highest BCUT2D eigenvalue weighted by atomic mass is 35.5. The molecule has 1 aromatic carbocycles. The van der Waals surface area contributed by atoms with Crippen molar-refractivity contribution in [1.29, 1.82) is 0 Å². The number of carbonyl (C=O) groups is 1. The highest BCUT2D eigenvalue weighted by Crippen LogP contribution is 2.23. The van der Waals surface area contributed by atoms with Crippen LogP contribution in [0.4, 0.5) is 21.7 Å². The third-order valence-corrected chi connectivity index (χ3v) is 5.06. The standard InChI is InChI=1S/C22H29ClFN5O2/c1-22(2,3)31-21(30)8-10-29-9-4-5-16(13-29)28-20-12-19(25-14-26-20)27-15-6-7-18(24)17(23)11-15/h6-7,11-12,14,16H,4-5,8-10,13H2,1-3H3,(H2,25,26,27,28). The van der Waals surface area contributed by atoms with Crippen LogP contribution in [0.2, 0.25) is 5.02 Å². The summed E-state index contributed by atoms with van der Waals surface area (Å²) in [6.45, 7) is 8.09.